The number of hydrogen-bond acceptors (Lipinski definition) is 6. The van der Waals surface area contributed by atoms with Crippen molar-refractivity contribution in [2.75, 3.05) is 17.7 Å². The number of tetrazole rings is 1. The Bertz CT molecular complexity index is 718. The highest BCUT2D eigenvalue weighted by atomic mass is 32.2. The van der Waals surface area contributed by atoms with Crippen LogP contribution >= 0.6 is 11.8 Å². The van der Waals surface area contributed by atoms with Gasteiger partial charge in [-0.15, -0.1) is 5.10 Å². The predicted octanol–water partition coefficient (Wildman–Crippen LogP) is 2.03. The number of aryl methyl sites for hydroxylation is 1. The highest BCUT2D eigenvalue weighted by Crippen LogP contribution is 2.19. The lowest BCUT2D eigenvalue weighted by Gasteiger charge is -2.10. The summed E-state index contributed by atoms with van der Waals surface area (Å²) in [5.41, 5.74) is 0.971. The molecule has 0 radical (unpaired) electrons. The average molecular weight is 351 g/mol. The third-order valence-electron chi connectivity index (χ3n) is 3.69. The van der Waals surface area contributed by atoms with Gasteiger partial charge >= 0.3 is 0 Å². The minimum atomic E-state index is -0.346. The van der Waals surface area contributed by atoms with Crippen molar-refractivity contribution in [3.8, 4) is 0 Å². The molecule has 0 spiro atoms. The van der Waals surface area contributed by atoms with Crippen LogP contribution < -0.4 is 5.32 Å². The molecule has 0 bridgehead atoms. The highest BCUT2D eigenvalue weighted by molar-refractivity contribution is 7.99. The molecular weight excluding hydrogens is 333 g/mol. The summed E-state index contributed by atoms with van der Waals surface area (Å²) in [5.74, 6) is -0.447. The van der Waals surface area contributed by atoms with Gasteiger partial charge in [0.2, 0.25) is 11.1 Å². The summed E-state index contributed by atoms with van der Waals surface area (Å²) in [7, 11) is 0. The molecule has 1 aliphatic rings. The Labute approximate surface area is 142 Å². The van der Waals surface area contributed by atoms with E-state index in [2.05, 4.69) is 20.8 Å². The summed E-state index contributed by atoms with van der Waals surface area (Å²) in [6.07, 6.45) is 2.16. The van der Waals surface area contributed by atoms with Gasteiger partial charge < -0.3 is 10.1 Å². The van der Waals surface area contributed by atoms with E-state index < -0.39 is 0 Å². The molecule has 1 atom stereocenters. The number of amides is 1. The second-order valence-electron chi connectivity index (χ2n) is 5.58. The molecule has 1 unspecified atom stereocenters. The van der Waals surface area contributed by atoms with Crippen LogP contribution in [-0.4, -0.2) is 44.6 Å². The SMILES string of the molecule is Cc1ccc(NC(=O)CSc2nnnn2CC2CCCO2)cc1F. The molecule has 7 nitrogen and oxygen atoms in total. The molecule has 0 aliphatic carbocycles. The van der Waals surface area contributed by atoms with E-state index in [0.29, 0.717) is 23.0 Å². The van der Waals surface area contributed by atoms with Crippen LogP contribution in [0, 0.1) is 12.7 Å². The number of halogens is 1. The van der Waals surface area contributed by atoms with Crippen molar-refractivity contribution < 1.29 is 13.9 Å². The molecule has 128 valence electrons. The molecule has 9 heteroatoms. The third-order valence-corrected chi connectivity index (χ3v) is 4.64. The largest absolute Gasteiger partial charge is 0.376 e. The number of hydrogen-bond donors (Lipinski definition) is 1. The van der Waals surface area contributed by atoms with Crippen LogP contribution in [0.5, 0.6) is 0 Å². The van der Waals surface area contributed by atoms with Gasteiger partial charge in [-0.25, -0.2) is 9.07 Å². The number of aromatic nitrogens is 4. The molecule has 24 heavy (non-hydrogen) atoms. The first-order chi connectivity index (χ1) is 11.6. The van der Waals surface area contributed by atoms with Crippen LogP contribution in [0.25, 0.3) is 0 Å². The Balaban J connectivity index is 1.52. The first kappa shape index (κ1) is 16.8. The zero-order chi connectivity index (χ0) is 16.9. The van der Waals surface area contributed by atoms with E-state index in [1.807, 2.05) is 0 Å². The average Bonchev–Trinajstić information content (AvgIpc) is 3.21. The lowest BCUT2D eigenvalue weighted by molar-refractivity contribution is -0.113. The van der Waals surface area contributed by atoms with Crippen LogP contribution in [0.4, 0.5) is 10.1 Å². The smallest absolute Gasteiger partial charge is 0.234 e. The summed E-state index contributed by atoms with van der Waals surface area (Å²) in [5, 5.41) is 14.7. The van der Waals surface area contributed by atoms with E-state index in [0.717, 1.165) is 19.4 Å². The Morgan fingerprint density at radius 2 is 2.42 bits per heavy atom. The third kappa shape index (κ3) is 4.30. The van der Waals surface area contributed by atoms with Gasteiger partial charge in [-0.2, -0.15) is 0 Å². The fourth-order valence-electron chi connectivity index (χ4n) is 2.39. The summed E-state index contributed by atoms with van der Waals surface area (Å²) in [6.45, 7) is 3.02. The zero-order valence-electron chi connectivity index (χ0n) is 13.2. The standard InChI is InChI=1S/C15H18FN5O2S/c1-10-4-5-11(7-13(10)16)17-14(22)9-24-15-18-19-20-21(15)8-12-3-2-6-23-12/h4-5,7,12H,2-3,6,8-9H2,1H3,(H,17,22). The number of thioether (sulfide) groups is 1. The molecular formula is C15H18FN5O2S. The summed E-state index contributed by atoms with van der Waals surface area (Å²) >= 11 is 1.24. The van der Waals surface area contributed by atoms with Gasteiger partial charge in [0.15, 0.2) is 0 Å². The zero-order valence-corrected chi connectivity index (χ0v) is 14.1. The van der Waals surface area contributed by atoms with Gasteiger partial charge in [-0.05, 0) is 47.9 Å². The number of nitrogens with one attached hydrogen (secondary N) is 1. The van der Waals surface area contributed by atoms with E-state index >= 15 is 0 Å². The molecule has 1 fully saturated rings. The topological polar surface area (TPSA) is 81.9 Å². The number of carbonyl (C=O) groups is 1. The van der Waals surface area contributed by atoms with Crippen LogP contribution in [0.1, 0.15) is 18.4 Å². The summed E-state index contributed by atoms with van der Waals surface area (Å²) in [4.78, 5) is 12.0. The second kappa shape index (κ2) is 7.71. The van der Waals surface area contributed by atoms with Gasteiger partial charge in [-0.3, -0.25) is 4.79 Å². The quantitative estimate of drug-likeness (QED) is 0.802. The Morgan fingerprint density at radius 1 is 1.54 bits per heavy atom. The van der Waals surface area contributed by atoms with Crippen LogP contribution in [0.2, 0.25) is 0 Å². The van der Waals surface area contributed by atoms with Gasteiger partial charge in [0.1, 0.15) is 5.82 Å². The molecule has 2 aromatic rings. The first-order valence-corrected chi connectivity index (χ1v) is 8.67. The molecule has 0 saturated carbocycles. The van der Waals surface area contributed by atoms with Crippen molar-refractivity contribution in [2.45, 2.75) is 37.6 Å². The number of rotatable bonds is 6. The minimum Gasteiger partial charge on any atom is -0.376 e. The lowest BCUT2D eigenvalue weighted by Crippen LogP contribution is -2.18. The van der Waals surface area contributed by atoms with Gasteiger partial charge in [0.25, 0.3) is 0 Å². The maximum absolute atomic E-state index is 13.5. The van der Waals surface area contributed by atoms with Crippen molar-refractivity contribution in [2.24, 2.45) is 0 Å². The second-order valence-corrected chi connectivity index (χ2v) is 6.52. The van der Waals surface area contributed by atoms with Crippen molar-refractivity contribution >= 4 is 23.4 Å². The fourth-order valence-corrected chi connectivity index (χ4v) is 3.08. The normalized spacial score (nSPS) is 17.2. The summed E-state index contributed by atoms with van der Waals surface area (Å²) in [6, 6.07) is 4.60. The first-order valence-electron chi connectivity index (χ1n) is 7.68. The number of ether oxygens (including phenoxy) is 1. The fraction of sp³-hybridized carbons (Fsp3) is 0.467. The van der Waals surface area contributed by atoms with E-state index in [1.54, 1.807) is 23.7 Å². The van der Waals surface area contributed by atoms with Gasteiger partial charge in [0, 0.05) is 12.3 Å². The minimum absolute atomic E-state index is 0.122. The van der Waals surface area contributed by atoms with Gasteiger partial charge in [0.05, 0.1) is 18.4 Å². The van der Waals surface area contributed by atoms with E-state index in [1.165, 1.54) is 17.8 Å². The molecule has 1 N–H and O–H groups in total. The molecule has 1 aliphatic heterocycles. The predicted molar refractivity (Wildman–Crippen MR) is 87.3 cm³/mol. The van der Waals surface area contributed by atoms with Crippen molar-refractivity contribution in [1.29, 1.82) is 0 Å². The van der Waals surface area contributed by atoms with Crippen molar-refractivity contribution in [3.05, 3.63) is 29.6 Å². The number of carbonyl (C=O) groups excluding carboxylic acids is 1. The Kier molecular flexibility index (Phi) is 5.41. The molecule has 1 aromatic heterocycles. The van der Waals surface area contributed by atoms with E-state index in [9.17, 15) is 9.18 Å². The van der Waals surface area contributed by atoms with Crippen LogP contribution in [0.15, 0.2) is 23.4 Å². The monoisotopic (exact) mass is 351 g/mol. The molecule has 2 heterocycles. The van der Waals surface area contributed by atoms with E-state index in [4.69, 9.17) is 4.74 Å². The number of anilines is 1. The van der Waals surface area contributed by atoms with Crippen molar-refractivity contribution in [1.82, 2.24) is 20.2 Å². The molecule has 3 rings (SSSR count). The van der Waals surface area contributed by atoms with Gasteiger partial charge in [-0.1, -0.05) is 17.8 Å². The molecule has 1 amide bonds. The maximum atomic E-state index is 13.5. The van der Waals surface area contributed by atoms with Crippen LogP contribution in [-0.2, 0) is 16.1 Å². The lowest BCUT2D eigenvalue weighted by atomic mass is 10.2. The van der Waals surface area contributed by atoms with Crippen LogP contribution in [0.3, 0.4) is 0 Å². The maximum Gasteiger partial charge on any atom is 0.234 e. The van der Waals surface area contributed by atoms with E-state index in [-0.39, 0.29) is 23.6 Å². The summed E-state index contributed by atoms with van der Waals surface area (Å²) < 4.78 is 20.7. The Hall–Kier alpha value is -2.00. The Morgan fingerprint density at radius 3 is 3.17 bits per heavy atom. The van der Waals surface area contributed by atoms with Crippen molar-refractivity contribution in [3.63, 3.8) is 0 Å². The highest BCUT2D eigenvalue weighted by Gasteiger charge is 2.19. The molecule has 1 saturated heterocycles. The molecule has 1 aromatic carbocycles. The number of nitrogens with zero attached hydrogens (tertiary/aromatic N) is 4. The number of benzene rings is 1.